The van der Waals surface area contributed by atoms with Crippen LogP contribution in [0.3, 0.4) is 0 Å². The molecule has 164 valence electrons. The first-order chi connectivity index (χ1) is 15.1. The van der Waals surface area contributed by atoms with Crippen LogP contribution in [-0.2, 0) is 9.53 Å². The second-order valence-corrected chi connectivity index (χ2v) is 6.97. The Morgan fingerprint density at radius 3 is 2.48 bits per heavy atom. The fourth-order valence-corrected chi connectivity index (χ4v) is 3.43. The van der Waals surface area contributed by atoms with E-state index < -0.39 is 0 Å². The number of hydrogen-bond acceptors (Lipinski definition) is 8. The minimum Gasteiger partial charge on any atom is -0.493 e. The predicted molar refractivity (Wildman–Crippen MR) is 117 cm³/mol. The lowest BCUT2D eigenvalue weighted by Crippen LogP contribution is -2.19. The number of aryl methyl sites for hydroxylation is 1. The number of nitrogens with one attached hydrogen (secondary N) is 1. The van der Waals surface area contributed by atoms with Crippen molar-refractivity contribution in [1.82, 2.24) is 15.0 Å². The van der Waals surface area contributed by atoms with Gasteiger partial charge in [-0.2, -0.15) is 0 Å². The Labute approximate surface area is 180 Å². The third-order valence-corrected chi connectivity index (χ3v) is 4.98. The third-order valence-electron chi connectivity index (χ3n) is 4.98. The first-order valence-corrected chi connectivity index (χ1v) is 9.88. The van der Waals surface area contributed by atoms with E-state index in [0.717, 1.165) is 53.7 Å². The van der Waals surface area contributed by atoms with E-state index in [1.807, 2.05) is 18.2 Å². The highest BCUT2D eigenvalue weighted by molar-refractivity contribution is 5.88. The van der Waals surface area contributed by atoms with E-state index in [1.54, 1.807) is 26.6 Å². The van der Waals surface area contributed by atoms with Gasteiger partial charge in [-0.15, -0.1) is 0 Å². The maximum atomic E-state index is 8.36. The number of rotatable bonds is 6. The molecule has 2 N–H and O–H groups in total. The molecule has 0 spiro atoms. The van der Waals surface area contributed by atoms with Gasteiger partial charge in [0.15, 0.2) is 11.5 Å². The number of carbonyl (C=O) groups is 1. The van der Waals surface area contributed by atoms with Gasteiger partial charge in [0.1, 0.15) is 0 Å². The van der Waals surface area contributed by atoms with Crippen LogP contribution in [0.1, 0.15) is 18.4 Å². The molecule has 4 rings (SSSR count). The molecular weight excluding hydrogens is 400 g/mol. The van der Waals surface area contributed by atoms with Gasteiger partial charge in [-0.3, -0.25) is 4.79 Å². The summed E-state index contributed by atoms with van der Waals surface area (Å²) in [6.45, 7) is 3.38. The summed E-state index contributed by atoms with van der Waals surface area (Å²) in [7, 11) is 3.25. The van der Waals surface area contributed by atoms with E-state index >= 15 is 0 Å². The van der Waals surface area contributed by atoms with E-state index in [0.29, 0.717) is 17.4 Å². The molecule has 0 aliphatic carbocycles. The lowest BCUT2D eigenvalue weighted by molar-refractivity contribution is -0.122. The van der Waals surface area contributed by atoms with Crippen molar-refractivity contribution in [2.45, 2.75) is 25.9 Å². The highest BCUT2D eigenvalue weighted by Crippen LogP contribution is 2.34. The summed E-state index contributed by atoms with van der Waals surface area (Å²) in [6, 6.07) is 5.88. The highest BCUT2D eigenvalue weighted by atomic mass is 16.5. The van der Waals surface area contributed by atoms with Crippen LogP contribution in [0.2, 0.25) is 0 Å². The quantitative estimate of drug-likeness (QED) is 0.573. The number of hydrogen-bond donors (Lipinski definition) is 2. The van der Waals surface area contributed by atoms with Crippen molar-refractivity contribution >= 4 is 23.3 Å². The number of ether oxygens (including phenoxy) is 3. The number of pyridine rings is 1. The summed E-state index contributed by atoms with van der Waals surface area (Å²) in [4.78, 5) is 22.0. The molecule has 1 aliphatic rings. The molecule has 0 radical (unpaired) electrons. The maximum Gasteiger partial charge on any atom is 0.290 e. The highest BCUT2D eigenvalue weighted by Gasteiger charge is 2.15. The topological polar surface area (TPSA) is 116 Å². The molecule has 3 heterocycles. The maximum absolute atomic E-state index is 8.36. The van der Waals surface area contributed by atoms with Crippen molar-refractivity contribution in [3.8, 4) is 22.8 Å². The number of fused-ring (bicyclic) bond motifs is 1. The number of aromatic nitrogens is 3. The molecule has 0 saturated carbocycles. The second kappa shape index (κ2) is 10.5. The van der Waals surface area contributed by atoms with Gasteiger partial charge in [0.2, 0.25) is 5.95 Å². The summed E-state index contributed by atoms with van der Waals surface area (Å²) >= 11 is 0. The number of nitrogens with zero attached hydrogens (tertiary/aromatic N) is 3. The molecule has 1 atom stereocenters. The van der Waals surface area contributed by atoms with Gasteiger partial charge in [-0.05, 0) is 37.5 Å². The monoisotopic (exact) mass is 426 g/mol. The van der Waals surface area contributed by atoms with Crippen molar-refractivity contribution < 1.29 is 24.1 Å². The Kier molecular flexibility index (Phi) is 7.55. The van der Waals surface area contributed by atoms with Crippen molar-refractivity contribution in [3.63, 3.8) is 0 Å². The SMILES string of the molecule is COc1cc2nc(-c3cnc(NCC4CCCO4)nc3)cc(C)c2cc1OC.O=CO. The summed E-state index contributed by atoms with van der Waals surface area (Å²) in [6.07, 6.45) is 6.04. The fourth-order valence-electron chi connectivity index (χ4n) is 3.43. The normalized spacial score (nSPS) is 15.1. The third kappa shape index (κ3) is 5.37. The number of methoxy groups -OCH3 is 2. The van der Waals surface area contributed by atoms with Crippen molar-refractivity contribution in [1.29, 1.82) is 0 Å². The van der Waals surface area contributed by atoms with Crippen LogP contribution in [0.4, 0.5) is 5.95 Å². The molecule has 0 amide bonds. The van der Waals surface area contributed by atoms with Gasteiger partial charge in [0, 0.05) is 42.6 Å². The van der Waals surface area contributed by atoms with Gasteiger partial charge in [0.05, 0.1) is 31.5 Å². The molecule has 9 heteroatoms. The van der Waals surface area contributed by atoms with Crippen molar-refractivity contribution in [2.75, 3.05) is 32.7 Å². The van der Waals surface area contributed by atoms with Crippen LogP contribution in [0.5, 0.6) is 11.5 Å². The molecular formula is C22H26N4O5. The van der Waals surface area contributed by atoms with Crippen molar-refractivity contribution in [3.05, 3.63) is 36.2 Å². The zero-order valence-corrected chi connectivity index (χ0v) is 17.8. The summed E-state index contributed by atoms with van der Waals surface area (Å²) in [5.74, 6) is 1.95. The van der Waals surface area contributed by atoms with Gasteiger partial charge in [-0.25, -0.2) is 15.0 Å². The fraction of sp³-hybridized carbons (Fsp3) is 0.364. The van der Waals surface area contributed by atoms with E-state index in [2.05, 4.69) is 22.2 Å². The van der Waals surface area contributed by atoms with Crippen LogP contribution in [0.25, 0.3) is 22.2 Å². The van der Waals surface area contributed by atoms with E-state index in [4.69, 9.17) is 29.1 Å². The lowest BCUT2D eigenvalue weighted by Gasteiger charge is -2.12. The van der Waals surface area contributed by atoms with E-state index in [-0.39, 0.29) is 12.6 Å². The van der Waals surface area contributed by atoms with Gasteiger partial charge < -0.3 is 24.6 Å². The summed E-state index contributed by atoms with van der Waals surface area (Å²) in [5, 5.41) is 11.1. The van der Waals surface area contributed by atoms with Crippen LogP contribution in [0.15, 0.2) is 30.6 Å². The molecule has 1 unspecified atom stereocenters. The Morgan fingerprint density at radius 2 is 1.87 bits per heavy atom. The van der Waals surface area contributed by atoms with E-state index in [1.165, 1.54) is 0 Å². The standard InChI is InChI=1S/C21H24N4O3.CH2O2/c1-13-7-17(25-18-9-20(27-3)19(26-2)8-16(13)18)14-10-22-21(23-11-14)24-12-15-5-4-6-28-15;2-1-3/h7-11,15H,4-6,12H2,1-3H3,(H,22,23,24);1H,(H,2,3). The van der Waals surface area contributed by atoms with Crippen molar-refractivity contribution in [2.24, 2.45) is 0 Å². The Hall–Kier alpha value is -3.46. The minimum absolute atomic E-state index is 0.250. The second-order valence-electron chi connectivity index (χ2n) is 6.97. The average molecular weight is 426 g/mol. The largest absolute Gasteiger partial charge is 0.493 e. The molecule has 0 bridgehead atoms. The molecule has 3 aromatic rings. The molecule has 2 aromatic heterocycles. The average Bonchev–Trinajstić information content (AvgIpc) is 3.31. The lowest BCUT2D eigenvalue weighted by atomic mass is 10.1. The number of carboxylic acid groups (broad SMARTS) is 1. The number of anilines is 1. The molecule has 1 fully saturated rings. The Morgan fingerprint density at radius 1 is 1.19 bits per heavy atom. The molecule has 1 aliphatic heterocycles. The van der Waals surface area contributed by atoms with Gasteiger partial charge in [0.25, 0.3) is 6.47 Å². The van der Waals surface area contributed by atoms with E-state index in [9.17, 15) is 0 Å². The van der Waals surface area contributed by atoms with Crippen LogP contribution in [0, 0.1) is 6.92 Å². The molecule has 31 heavy (non-hydrogen) atoms. The van der Waals surface area contributed by atoms with Crippen LogP contribution >= 0.6 is 0 Å². The molecule has 1 aromatic carbocycles. The van der Waals surface area contributed by atoms with Gasteiger partial charge in [-0.1, -0.05) is 0 Å². The zero-order chi connectivity index (χ0) is 22.2. The Bertz CT molecular complexity index is 1020. The first-order valence-electron chi connectivity index (χ1n) is 9.88. The predicted octanol–water partition coefficient (Wildman–Crippen LogP) is 3.31. The first kappa shape index (κ1) is 22.2. The van der Waals surface area contributed by atoms with Crippen LogP contribution < -0.4 is 14.8 Å². The van der Waals surface area contributed by atoms with Crippen LogP contribution in [-0.4, -0.2) is 60.0 Å². The summed E-state index contributed by atoms with van der Waals surface area (Å²) in [5.41, 5.74) is 3.63. The summed E-state index contributed by atoms with van der Waals surface area (Å²) < 4.78 is 16.4. The zero-order valence-electron chi connectivity index (χ0n) is 17.8. The molecule has 1 saturated heterocycles. The number of benzene rings is 1. The minimum atomic E-state index is -0.250. The smallest absolute Gasteiger partial charge is 0.290 e. The molecule has 9 nitrogen and oxygen atoms in total. The Balaban J connectivity index is 0.000000858. The van der Waals surface area contributed by atoms with Gasteiger partial charge >= 0.3 is 0 Å².